The largest absolute Gasteiger partial charge is 0.494 e. The fraction of sp³-hybridized carbons (Fsp3) is 0.222. The molecule has 1 heterocycles. The number of anilines is 1. The highest BCUT2D eigenvalue weighted by molar-refractivity contribution is 7.99. The van der Waals surface area contributed by atoms with Crippen LogP contribution in [-0.2, 0) is 4.79 Å². The molecular formula is C27H28N4O2S. The van der Waals surface area contributed by atoms with E-state index in [1.807, 2.05) is 86.0 Å². The molecule has 0 unspecified atom stereocenters. The number of aryl methyl sites for hydroxylation is 3. The van der Waals surface area contributed by atoms with Crippen LogP contribution in [0.5, 0.6) is 5.75 Å². The normalized spacial score (nSPS) is 10.8. The third-order valence-corrected chi connectivity index (χ3v) is 6.37. The van der Waals surface area contributed by atoms with E-state index in [1.165, 1.54) is 17.3 Å². The summed E-state index contributed by atoms with van der Waals surface area (Å²) in [4.78, 5) is 12.7. The number of carbonyl (C=O) groups is 1. The van der Waals surface area contributed by atoms with Crippen molar-refractivity contribution in [1.82, 2.24) is 14.8 Å². The molecule has 0 spiro atoms. The molecule has 4 rings (SSSR count). The molecule has 0 aliphatic heterocycles. The maximum absolute atomic E-state index is 12.7. The lowest BCUT2D eigenvalue weighted by Gasteiger charge is -2.12. The Kier molecular flexibility index (Phi) is 7.33. The minimum atomic E-state index is -0.0911. The third-order valence-electron chi connectivity index (χ3n) is 5.44. The Morgan fingerprint density at radius 1 is 0.971 bits per heavy atom. The van der Waals surface area contributed by atoms with Gasteiger partial charge in [0.2, 0.25) is 5.91 Å². The van der Waals surface area contributed by atoms with Gasteiger partial charge in [0.15, 0.2) is 11.0 Å². The molecule has 0 bridgehead atoms. The molecule has 0 fully saturated rings. The number of benzene rings is 3. The summed E-state index contributed by atoms with van der Waals surface area (Å²) in [5.74, 6) is 1.66. The van der Waals surface area contributed by atoms with Gasteiger partial charge in [0, 0.05) is 16.9 Å². The summed E-state index contributed by atoms with van der Waals surface area (Å²) in [5, 5.41) is 12.5. The number of nitrogens with zero attached hydrogens (tertiary/aromatic N) is 3. The molecule has 7 heteroatoms. The lowest BCUT2D eigenvalue weighted by Crippen LogP contribution is -2.14. The van der Waals surface area contributed by atoms with E-state index < -0.39 is 0 Å². The number of aromatic nitrogens is 3. The Morgan fingerprint density at radius 2 is 1.76 bits per heavy atom. The van der Waals surface area contributed by atoms with E-state index in [9.17, 15) is 4.79 Å². The predicted octanol–water partition coefficient (Wildman–Crippen LogP) is 5.99. The van der Waals surface area contributed by atoms with Crippen LogP contribution in [0.1, 0.15) is 23.6 Å². The van der Waals surface area contributed by atoms with Crippen LogP contribution in [0.15, 0.2) is 71.9 Å². The highest BCUT2D eigenvalue weighted by Gasteiger charge is 2.18. The van der Waals surface area contributed by atoms with Crippen LogP contribution in [0.4, 0.5) is 5.69 Å². The molecule has 174 valence electrons. The van der Waals surface area contributed by atoms with E-state index in [0.29, 0.717) is 11.8 Å². The van der Waals surface area contributed by atoms with Gasteiger partial charge < -0.3 is 10.1 Å². The van der Waals surface area contributed by atoms with Gasteiger partial charge in [-0.25, -0.2) is 0 Å². The van der Waals surface area contributed by atoms with Crippen LogP contribution >= 0.6 is 11.8 Å². The molecule has 0 aliphatic rings. The SMILES string of the molecule is CCOc1ccc(-n2c(SCC(=O)Nc3ccc(C)c(C)c3)nnc2-c2cccc(C)c2)cc1. The molecule has 0 radical (unpaired) electrons. The number of hydrogen-bond donors (Lipinski definition) is 1. The minimum absolute atomic E-state index is 0.0911. The van der Waals surface area contributed by atoms with Crippen molar-refractivity contribution < 1.29 is 9.53 Å². The monoisotopic (exact) mass is 472 g/mol. The van der Waals surface area contributed by atoms with Crippen molar-refractivity contribution in [1.29, 1.82) is 0 Å². The van der Waals surface area contributed by atoms with Crippen molar-refractivity contribution in [3.63, 3.8) is 0 Å². The van der Waals surface area contributed by atoms with E-state index in [0.717, 1.165) is 39.6 Å². The summed E-state index contributed by atoms with van der Waals surface area (Å²) < 4.78 is 7.58. The summed E-state index contributed by atoms with van der Waals surface area (Å²) in [7, 11) is 0. The van der Waals surface area contributed by atoms with Crippen molar-refractivity contribution in [3.05, 3.63) is 83.4 Å². The first-order valence-electron chi connectivity index (χ1n) is 11.2. The highest BCUT2D eigenvalue weighted by atomic mass is 32.2. The number of amides is 1. The fourth-order valence-corrected chi connectivity index (χ4v) is 4.32. The topological polar surface area (TPSA) is 69.0 Å². The van der Waals surface area contributed by atoms with Gasteiger partial charge in [-0.1, -0.05) is 41.6 Å². The molecule has 0 atom stereocenters. The Labute approximate surface area is 204 Å². The lowest BCUT2D eigenvalue weighted by molar-refractivity contribution is -0.113. The molecule has 4 aromatic rings. The van der Waals surface area contributed by atoms with Crippen molar-refractivity contribution in [3.8, 4) is 22.8 Å². The average Bonchev–Trinajstić information content (AvgIpc) is 3.25. The Bertz CT molecular complexity index is 1300. The van der Waals surface area contributed by atoms with Crippen molar-refractivity contribution in [2.24, 2.45) is 0 Å². The molecule has 1 amide bonds. The van der Waals surface area contributed by atoms with Gasteiger partial charge >= 0.3 is 0 Å². The van der Waals surface area contributed by atoms with E-state index in [1.54, 1.807) is 0 Å². The Balaban J connectivity index is 1.60. The zero-order valence-corrected chi connectivity index (χ0v) is 20.6. The molecule has 1 aromatic heterocycles. The lowest BCUT2D eigenvalue weighted by atomic mass is 10.1. The van der Waals surface area contributed by atoms with Crippen LogP contribution in [0.2, 0.25) is 0 Å². The standard InChI is InChI=1S/C27H28N4O2S/c1-5-33-24-13-11-23(12-14-24)31-26(21-8-6-7-18(2)15-21)29-30-27(31)34-17-25(32)28-22-10-9-19(3)20(4)16-22/h6-16H,5,17H2,1-4H3,(H,28,32). The van der Waals surface area contributed by atoms with E-state index in [4.69, 9.17) is 4.74 Å². The van der Waals surface area contributed by atoms with Crippen LogP contribution < -0.4 is 10.1 Å². The molecule has 3 aromatic carbocycles. The zero-order valence-electron chi connectivity index (χ0n) is 19.8. The fourth-order valence-electron chi connectivity index (χ4n) is 3.57. The van der Waals surface area contributed by atoms with Gasteiger partial charge in [0.25, 0.3) is 0 Å². The molecule has 1 N–H and O–H groups in total. The molecule has 6 nitrogen and oxygen atoms in total. The number of hydrogen-bond acceptors (Lipinski definition) is 5. The smallest absolute Gasteiger partial charge is 0.234 e. The van der Waals surface area contributed by atoms with Crippen molar-refractivity contribution in [2.75, 3.05) is 17.7 Å². The highest BCUT2D eigenvalue weighted by Crippen LogP contribution is 2.29. The molecule has 0 aliphatic carbocycles. The minimum Gasteiger partial charge on any atom is -0.494 e. The quantitative estimate of drug-likeness (QED) is 0.319. The summed E-state index contributed by atoms with van der Waals surface area (Å²) in [6.07, 6.45) is 0. The first-order valence-corrected chi connectivity index (χ1v) is 12.2. The average molecular weight is 473 g/mol. The second-order valence-electron chi connectivity index (χ2n) is 8.07. The molecule has 0 saturated carbocycles. The van der Waals surface area contributed by atoms with Crippen LogP contribution in [-0.4, -0.2) is 33.0 Å². The van der Waals surface area contributed by atoms with Crippen LogP contribution in [0, 0.1) is 20.8 Å². The predicted molar refractivity (Wildman–Crippen MR) is 138 cm³/mol. The maximum atomic E-state index is 12.7. The third kappa shape index (κ3) is 5.48. The first-order chi connectivity index (χ1) is 16.4. The number of ether oxygens (including phenoxy) is 1. The number of thioether (sulfide) groups is 1. The maximum Gasteiger partial charge on any atom is 0.234 e. The van der Waals surface area contributed by atoms with Gasteiger partial charge in [-0.2, -0.15) is 0 Å². The Morgan fingerprint density at radius 3 is 2.47 bits per heavy atom. The second-order valence-corrected chi connectivity index (χ2v) is 9.02. The van der Waals surface area contributed by atoms with Crippen LogP contribution in [0.3, 0.4) is 0 Å². The van der Waals surface area contributed by atoms with E-state index >= 15 is 0 Å². The van der Waals surface area contributed by atoms with Gasteiger partial charge in [0.05, 0.1) is 12.4 Å². The zero-order chi connectivity index (χ0) is 24.1. The van der Waals surface area contributed by atoms with E-state index in [-0.39, 0.29) is 11.7 Å². The van der Waals surface area contributed by atoms with Crippen LogP contribution in [0.25, 0.3) is 17.1 Å². The van der Waals surface area contributed by atoms with Crippen molar-refractivity contribution in [2.45, 2.75) is 32.9 Å². The second kappa shape index (κ2) is 10.6. The summed E-state index contributed by atoms with van der Waals surface area (Å²) in [6, 6.07) is 21.9. The molecule has 34 heavy (non-hydrogen) atoms. The Hall–Kier alpha value is -3.58. The van der Waals surface area contributed by atoms with Gasteiger partial charge in [-0.05, 0) is 81.3 Å². The number of nitrogens with one attached hydrogen (secondary N) is 1. The van der Waals surface area contributed by atoms with Crippen molar-refractivity contribution >= 4 is 23.4 Å². The van der Waals surface area contributed by atoms with Gasteiger partial charge in [-0.3, -0.25) is 9.36 Å². The number of carbonyl (C=O) groups excluding carboxylic acids is 1. The molecule has 0 saturated heterocycles. The number of rotatable bonds is 8. The summed E-state index contributed by atoms with van der Waals surface area (Å²) in [5.41, 5.74) is 6.14. The van der Waals surface area contributed by atoms with Gasteiger partial charge in [0.1, 0.15) is 5.75 Å². The summed E-state index contributed by atoms with van der Waals surface area (Å²) in [6.45, 7) is 8.70. The first kappa shape index (κ1) is 23.6. The van der Waals surface area contributed by atoms with Gasteiger partial charge in [-0.15, -0.1) is 10.2 Å². The summed E-state index contributed by atoms with van der Waals surface area (Å²) >= 11 is 1.36. The molecular weight excluding hydrogens is 444 g/mol. The van der Waals surface area contributed by atoms with E-state index in [2.05, 4.69) is 28.5 Å².